The summed E-state index contributed by atoms with van der Waals surface area (Å²) in [5.41, 5.74) is 2.92. The maximum absolute atomic E-state index is 7.26. The van der Waals surface area contributed by atoms with E-state index in [1.165, 1.54) is 0 Å². The highest BCUT2D eigenvalue weighted by Crippen LogP contribution is 2.35. The molecule has 4 rings (SSSR count). The number of rotatable bonds is 1. The molecule has 116 valence electrons. The maximum Gasteiger partial charge on any atom is 0.231 e. The maximum atomic E-state index is 7.26. The van der Waals surface area contributed by atoms with Crippen LogP contribution in [0.5, 0.6) is 23.0 Å². The van der Waals surface area contributed by atoms with Gasteiger partial charge in [-0.2, -0.15) is 0 Å². The van der Waals surface area contributed by atoms with Crippen molar-refractivity contribution >= 4 is 11.6 Å². The number of hydrogen-bond donors (Lipinski definition) is 0. The van der Waals surface area contributed by atoms with Gasteiger partial charge in [-0.05, 0) is 54.8 Å². The van der Waals surface area contributed by atoms with Crippen molar-refractivity contribution in [3.63, 3.8) is 0 Å². The number of alkyl halides is 1. The zero-order valence-electron chi connectivity index (χ0n) is 16.1. The molecule has 0 amide bonds. The molecule has 0 saturated heterocycles. The molecule has 0 unspecified atom stereocenters. The lowest BCUT2D eigenvalue weighted by Gasteiger charge is -2.03. The number of hydrogen-bond acceptors (Lipinski definition) is 4. The Morgan fingerprint density at radius 1 is 0.909 bits per heavy atom. The van der Waals surface area contributed by atoms with Gasteiger partial charge in [-0.15, -0.1) is 11.6 Å². The molecule has 2 aromatic carbocycles. The topological polar surface area (TPSA) is 36.9 Å². The summed E-state index contributed by atoms with van der Waals surface area (Å²) in [7, 11) is 0. The van der Waals surface area contributed by atoms with E-state index in [0.717, 1.165) is 16.7 Å². The van der Waals surface area contributed by atoms with Crippen LogP contribution in [0.1, 0.15) is 22.2 Å². The third-order valence-electron chi connectivity index (χ3n) is 3.25. The highest BCUT2D eigenvalue weighted by Gasteiger charge is 2.14. The predicted octanol–water partition coefficient (Wildman–Crippen LogP) is 4.19. The van der Waals surface area contributed by atoms with E-state index in [9.17, 15) is 0 Å². The Balaban J connectivity index is 0.000000152. The summed E-state index contributed by atoms with van der Waals surface area (Å²) in [6.07, 6.45) is 0. The summed E-state index contributed by atoms with van der Waals surface area (Å²) in [6.45, 7) is -0.247. The smallest absolute Gasteiger partial charge is 0.231 e. The normalized spacial score (nSPS) is 20.9. The quantitative estimate of drug-likeness (QED) is 0.737. The molecular weight excluding hydrogens is 304 g/mol. The van der Waals surface area contributed by atoms with E-state index in [-0.39, 0.29) is 0 Å². The second-order valence-electron chi connectivity index (χ2n) is 4.88. The average molecular weight is 325 g/mol. The van der Waals surface area contributed by atoms with E-state index < -0.39 is 13.5 Å². The Morgan fingerprint density at radius 2 is 1.50 bits per heavy atom. The molecule has 22 heavy (non-hydrogen) atoms. The number of aryl methyl sites for hydroxylation is 2. The Bertz CT molecular complexity index is 842. The number of fused-ring (bicyclic) bond motifs is 2. The summed E-state index contributed by atoms with van der Waals surface area (Å²) < 4.78 is 48.5. The molecule has 0 radical (unpaired) electrons. The molecule has 2 aliphatic heterocycles. The van der Waals surface area contributed by atoms with Gasteiger partial charge < -0.3 is 18.9 Å². The van der Waals surface area contributed by atoms with Gasteiger partial charge in [0.1, 0.15) is 5.48 Å². The van der Waals surface area contributed by atoms with Crippen LogP contribution < -0.4 is 18.9 Å². The number of benzene rings is 2. The van der Waals surface area contributed by atoms with Crippen LogP contribution in [0.25, 0.3) is 0 Å². The van der Waals surface area contributed by atoms with Crippen molar-refractivity contribution in [2.45, 2.75) is 19.7 Å². The molecule has 2 heterocycles. The van der Waals surface area contributed by atoms with E-state index >= 15 is 0 Å². The third-order valence-corrected chi connectivity index (χ3v) is 3.54. The van der Waals surface area contributed by atoms with E-state index in [2.05, 4.69) is 0 Å². The minimum Gasteiger partial charge on any atom is -0.454 e. The minimum atomic E-state index is -2.06. The van der Waals surface area contributed by atoms with Gasteiger partial charge >= 0.3 is 0 Å². The molecule has 0 saturated carbocycles. The van der Waals surface area contributed by atoms with Gasteiger partial charge in [0.2, 0.25) is 13.5 Å². The number of ether oxygens (including phenoxy) is 4. The zero-order valence-corrected chi connectivity index (χ0v) is 12.9. The van der Waals surface area contributed by atoms with Gasteiger partial charge in [0, 0.05) is 5.88 Å². The van der Waals surface area contributed by atoms with Crippen molar-refractivity contribution in [3.8, 4) is 23.0 Å². The van der Waals surface area contributed by atoms with Crippen LogP contribution in [-0.4, -0.2) is 13.5 Å². The molecular formula is C17H17ClO4. The lowest BCUT2D eigenvalue weighted by molar-refractivity contribution is 0.173. The van der Waals surface area contributed by atoms with Crippen LogP contribution in [0, 0.1) is 13.8 Å². The summed E-state index contributed by atoms with van der Waals surface area (Å²) >= 11 is 5.71. The predicted molar refractivity (Wildman–Crippen MR) is 84.2 cm³/mol. The molecule has 4 nitrogen and oxygen atoms in total. The molecule has 0 aromatic heterocycles. The lowest BCUT2D eigenvalue weighted by Crippen LogP contribution is -1.92. The summed E-state index contributed by atoms with van der Waals surface area (Å²) in [5.74, 6) is 2.16. The highest BCUT2D eigenvalue weighted by molar-refractivity contribution is 6.17. The van der Waals surface area contributed by atoms with Crippen molar-refractivity contribution in [2.75, 3.05) is 13.5 Å². The van der Waals surface area contributed by atoms with Crippen LogP contribution in [0.4, 0.5) is 0 Å². The van der Waals surface area contributed by atoms with Gasteiger partial charge in [-0.3, -0.25) is 0 Å². The zero-order chi connectivity index (χ0) is 19.1. The monoisotopic (exact) mass is 324 g/mol. The summed E-state index contributed by atoms with van der Waals surface area (Å²) in [5, 5.41) is 0. The Labute approximate surface area is 140 Å². The second-order valence-corrected chi connectivity index (χ2v) is 5.15. The van der Waals surface area contributed by atoms with E-state index in [1.54, 1.807) is 24.3 Å². The third kappa shape index (κ3) is 3.07. The first-order chi connectivity index (χ1) is 12.1. The van der Waals surface area contributed by atoms with Gasteiger partial charge in [-0.1, -0.05) is 6.07 Å². The molecule has 0 bridgehead atoms. The molecule has 2 aliphatic rings. The Hall–Kier alpha value is -2.07. The van der Waals surface area contributed by atoms with Gasteiger partial charge in [0.25, 0.3) is 0 Å². The van der Waals surface area contributed by atoms with Crippen molar-refractivity contribution in [2.24, 2.45) is 0 Å². The lowest BCUT2D eigenvalue weighted by atomic mass is 10.1. The molecule has 0 fully saturated rings. The standard InChI is InChI=1S/C9H9ClO2.C8H8O2/c1-6-2-8-9(12-5-11-8)3-7(6)4-10;1-6-2-3-7-8(4-6)10-5-9-7/h2-3H,4-5H2,1H3;2-4H,5H2,1H3/i2*5D2. The fourth-order valence-electron chi connectivity index (χ4n) is 2.01. The molecule has 0 aliphatic carbocycles. The van der Waals surface area contributed by atoms with Crippen molar-refractivity contribution in [3.05, 3.63) is 47.0 Å². The van der Waals surface area contributed by atoms with Crippen LogP contribution in [0.15, 0.2) is 30.3 Å². The van der Waals surface area contributed by atoms with E-state index in [0.29, 0.717) is 28.9 Å². The SMILES string of the molecule is [2H]C1([2H])Oc2cc(C)c(CCl)cc2O1.[2H]C1([2H])Oc2ccc(C)cc2O1. The Kier molecular flexibility index (Phi) is 3.07. The van der Waals surface area contributed by atoms with Crippen molar-refractivity contribution in [1.29, 1.82) is 0 Å². The van der Waals surface area contributed by atoms with Gasteiger partial charge in [-0.25, -0.2) is 0 Å². The number of halogens is 1. The van der Waals surface area contributed by atoms with Gasteiger partial charge in [0.15, 0.2) is 23.0 Å². The fraction of sp³-hybridized carbons (Fsp3) is 0.294. The molecule has 0 spiro atoms. The molecule has 0 atom stereocenters. The highest BCUT2D eigenvalue weighted by atomic mass is 35.5. The summed E-state index contributed by atoms with van der Waals surface area (Å²) in [6, 6.07) is 8.75. The van der Waals surface area contributed by atoms with Crippen LogP contribution >= 0.6 is 11.6 Å². The first kappa shape index (κ1) is 10.6. The van der Waals surface area contributed by atoms with Crippen molar-refractivity contribution in [1.82, 2.24) is 0 Å². The largest absolute Gasteiger partial charge is 0.454 e. The first-order valence-corrected chi connectivity index (χ1v) is 7.18. The fourth-order valence-corrected chi connectivity index (χ4v) is 2.30. The Morgan fingerprint density at radius 3 is 2.18 bits per heavy atom. The van der Waals surface area contributed by atoms with E-state index in [4.69, 9.17) is 36.0 Å². The van der Waals surface area contributed by atoms with Gasteiger partial charge in [0.05, 0.1) is 0 Å². The van der Waals surface area contributed by atoms with E-state index in [1.807, 2.05) is 19.9 Å². The molecule has 5 heteroatoms. The van der Waals surface area contributed by atoms with Crippen LogP contribution in [0.3, 0.4) is 0 Å². The minimum absolute atomic E-state index is 0.380. The first-order valence-electron chi connectivity index (χ1n) is 8.65. The van der Waals surface area contributed by atoms with Crippen LogP contribution in [-0.2, 0) is 5.88 Å². The molecule has 0 N–H and O–H groups in total. The molecule has 2 aromatic rings. The summed E-state index contributed by atoms with van der Waals surface area (Å²) in [4.78, 5) is 0. The van der Waals surface area contributed by atoms with Crippen LogP contribution in [0.2, 0.25) is 0 Å². The van der Waals surface area contributed by atoms with Crippen molar-refractivity contribution < 1.29 is 24.4 Å². The average Bonchev–Trinajstić information content (AvgIpc) is 2.98. The second kappa shape index (κ2) is 6.36.